The van der Waals surface area contributed by atoms with Crippen molar-refractivity contribution < 1.29 is 4.39 Å². The fourth-order valence-electron chi connectivity index (χ4n) is 1.06. The molecule has 0 saturated carbocycles. The first kappa shape index (κ1) is 7.19. The minimum absolute atomic E-state index is 0.237. The molecule has 0 spiro atoms. The Balaban J connectivity index is 2.97. The van der Waals surface area contributed by atoms with Crippen LogP contribution in [0.1, 0.15) is 19.8 Å². The quantitative estimate of drug-likeness (QED) is 0.540. The van der Waals surface area contributed by atoms with Gasteiger partial charge in [0, 0.05) is 11.8 Å². The third kappa shape index (κ3) is 1.15. The van der Waals surface area contributed by atoms with Gasteiger partial charge < -0.3 is 5.41 Å². The van der Waals surface area contributed by atoms with E-state index >= 15 is 0 Å². The Hall–Kier alpha value is -0.920. The molecular weight excluding hydrogens is 129 g/mol. The molecule has 0 aromatic heterocycles. The molecule has 0 aromatic rings. The predicted molar refractivity (Wildman–Crippen MR) is 39.9 cm³/mol. The third-order valence-electron chi connectivity index (χ3n) is 1.70. The van der Waals surface area contributed by atoms with Gasteiger partial charge in [-0.05, 0) is 25.8 Å². The Kier molecular flexibility index (Phi) is 2.00. The largest absolute Gasteiger partial charge is 0.308 e. The summed E-state index contributed by atoms with van der Waals surface area (Å²) in [5, 5.41) is 6.89. The van der Waals surface area contributed by atoms with E-state index in [1.807, 2.05) is 6.92 Å². The molecule has 0 bridgehead atoms. The molecule has 1 nitrogen and oxygen atoms in total. The average molecular weight is 139 g/mol. The highest BCUT2D eigenvalue weighted by molar-refractivity contribution is 5.82. The standard InChI is InChI=1S/C8H10FN/c1-6-3-2-4-8(9)7(6)5-10/h4-5,10H,2-3H2,1H3. The van der Waals surface area contributed by atoms with Gasteiger partial charge in [-0.2, -0.15) is 0 Å². The van der Waals surface area contributed by atoms with E-state index in [1.54, 1.807) is 0 Å². The second-order valence-corrected chi connectivity index (χ2v) is 2.43. The van der Waals surface area contributed by atoms with Crippen LogP contribution in [-0.4, -0.2) is 6.21 Å². The van der Waals surface area contributed by atoms with Crippen LogP contribution in [0.25, 0.3) is 0 Å². The van der Waals surface area contributed by atoms with Gasteiger partial charge >= 0.3 is 0 Å². The van der Waals surface area contributed by atoms with E-state index in [0.29, 0.717) is 5.57 Å². The van der Waals surface area contributed by atoms with Crippen LogP contribution in [0, 0.1) is 5.41 Å². The molecule has 0 fully saturated rings. The smallest absolute Gasteiger partial charge is 0.127 e. The Morgan fingerprint density at radius 1 is 1.70 bits per heavy atom. The zero-order valence-corrected chi connectivity index (χ0v) is 5.95. The highest BCUT2D eigenvalue weighted by Gasteiger charge is 2.09. The van der Waals surface area contributed by atoms with E-state index in [9.17, 15) is 4.39 Å². The molecule has 0 atom stereocenters. The van der Waals surface area contributed by atoms with Crippen molar-refractivity contribution >= 4 is 6.21 Å². The molecule has 1 N–H and O–H groups in total. The minimum Gasteiger partial charge on any atom is -0.308 e. The van der Waals surface area contributed by atoms with E-state index in [4.69, 9.17) is 5.41 Å². The van der Waals surface area contributed by atoms with Crippen LogP contribution < -0.4 is 0 Å². The summed E-state index contributed by atoms with van der Waals surface area (Å²) in [4.78, 5) is 0. The summed E-state index contributed by atoms with van der Waals surface area (Å²) in [6.07, 6.45) is 4.28. The van der Waals surface area contributed by atoms with Gasteiger partial charge in [0.2, 0.25) is 0 Å². The van der Waals surface area contributed by atoms with E-state index < -0.39 is 0 Å². The molecule has 1 aliphatic carbocycles. The Morgan fingerprint density at radius 3 is 2.80 bits per heavy atom. The first-order valence-electron chi connectivity index (χ1n) is 3.32. The van der Waals surface area contributed by atoms with Crippen LogP contribution in [0.5, 0.6) is 0 Å². The van der Waals surface area contributed by atoms with Crippen LogP contribution in [0.4, 0.5) is 4.39 Å². The average Bonchev–Trinajstić information content (AvgIpc) is 1.88. The first-order valence-corrected chi connectivity index (χ1v) is 3.32. The maximum absolute atomic E-state index is 12.8. The number of halogens is 1. The monoisotopic (exact) mass is 139 g/mol. The predicted octanol–water partition coefficient (Wildman–Crippen LogP) is 2.60. The second kappa shape index (κ2) is 2.78. The zero-order valence-electron chi connectivity index (χ0n) is 5.95. The molecule has 2 heteroatoms. The normalized spacial score (nSPS) is 18.8. The van der Waals surface area contributed by atoms with Crippen LogP contribution in [-0.2, 0) is 0 Å². The third-order valence-corrected chi connectivity index (χ3v) is 1.70. The van der Waals surface area contributed by atoms with Crippen LogP contribution in [0.3, 0.4) is 0 Å². The molecule has 0 saturated heterocycles. The van der Waals surface area contributed by atoms with E-state index in [-0.39, 0.29) is 5.83 Å². The molecule has 1 aliphatic rings. The SMILES string of the molecule is CC1=C(C=N)C(F)=CCC1. The van der Waals surface area contributed by atoms with Crippen molar-refractivity contribution in [2.45, 2.75) is 19.8 Å². The van der Waals surface area contributed by atoms with Gasteiger partial charge in [0.15, 0.2) is 0 Å². The van der Waals surface area contributed by atoms with Crippen molar-refractivity contribution in [1.82, 2.24) is 0 Å². The van der Waals surface area contributed by atoms with Crippen molar-refractivity contribution in [3.8, 4) is 0 Å². The lowest BCUT2D eigenvalue weighted by Gasteiger charge is -2.09. The van der Waals surface area contributed by atoms with Crippen LogP contribution in [0.15, 0.2) is 23.0 Å². The fourth-order valence-corrected chi connectivity index (χ4v) is 1.06. The van der Waals surface area contributed by atoms with Gasteiger partial charge in [-0.25, -0.2) is 4.39 Å². The number of rotatable bonds is 1. The lowest BCUT2D eigenvalue weighted by atomic mass is 9.99. The number of hydrogen-bond donors (Lipinski definition) is 1. The fraction of sp³-hybridized carbons (Fsp3) is 0.375. The van der Waals surface area contributed by atoms with Gasteiger partial charge in [-0.3, -0.25) is 0 Å². The molecule has 0 aliphatic heterocycles. The summed E-state index contributed by atoms with van der Waals surface area (Å²) < 4.78 is 12.8. The number of nitrogens with one attached hydrogen (secondary N) is 1. The van der Waals surface area contributed by atoms with E-state index in [0.717, 1.165) is 24.6 Å². The molecule has 0 amide bonds. The summed E-state index contributed by atoms with van der Waals surface area (Å²) in [6.45, 7) is 1.87. The first-order chi connectivity index (χ1) is 4.75. The van der Waals surface area contributed by atoms with E-state index in [1.165, 1.54) is 6.08 Å². The van der Waals surface area contributed by atoms with Crippen LogP contribution in [0.2, 0.25) is 0 Å². The van der Waals surface area contributed by atoms with Crippen molar-refractivity contribution in [2.24, 2.45) is 0 Å². The zero-order chi connectivity index (χ0) is 7.56. The second-order valence-electron chi connectivity index (χ2n) is 2.43. The van der Waals surface area contributed by atoms with Gasteiger partial charge in [0.05, 0.1) is 0 Å². The highest BCUT2D eigenvalue weighted by Crippen LogP contribution is 2.23. The van der Waals surface area contributed by atoms with E-state index in [2.05, 4.69) is 0 Å². The Labute approximate surface area is 59.8 Å². The van der Waals surface area contributed by atoms with Crippen molar-refractivity contribution in [2.75, 3.05) is 0 Å². The maximum Gasteiger partial charge on any atom is 0.127 e. The minimum atomic E-state index is -0.237. The van der Waals surface area contributed by atoms with Crippen molar-refractivity contribution in [3.63, 3.8) is 0 Å². The summed E-state index contributed by atoms with van der Waals surface area (Å²) in [5.74, 6) is -0.237. The van der Waals surface area contributed by atoms with Crippen molar-refractivity contribution in [3.05, 3.63) is 23.0 Å². The number of allylic oxidation sites excluding steroid dienone is 4. The van der Waals surface area contributed by atoms with Gasteiger partial charge in [-0.15, -0.1) is 0 Å². The molecule has 1 rings (SSSR count). The molecule has 10 heavy (non-hydrogen) atoms. The molecule has 0 heterocycles. The molecule has 0 radical (unpaired) electrons. The Bertz CT molecular complexity index is 213. The lowest BCUT2D eigenvalue weighted by molar-refractivity contribution is 0.640. The van der Waals surface area contributed by atoms with Crippen molar-refractivity contribution in [1.29, 1.82) is 5.41 Å². The summed E-state index contributed by atoms with van der Waals surface area (Å²) in [6, 6.07) is 0. The molecular formula is C8H10FN. The molecule has 0 unspecified atom stereocenters. The topological polar surface area (TPSA) is 23.9 Å². The molecule has 54 valence electrons. The maximum atomic E-state index is 12.8. The van der Waals surface area contributed by atoms with Gasteiger partial charge in [0.25, 0.3) is 0 Å². The highest BCUT2D eigenvalue weighted by atomic mass is 19.1. The summed E-state index contributed by atoms with van der Waals surface area (Å²) in [5.41, 5.74) is 1.45. The lowest BCUT2D eigenvalue weighted by Crippen LogP contribution is -1.96. The summed E-state index contributed by atoms with van der Waals surface area (Å²) >= 11 is 0. The Morgan fingerprint density at radius 2 is 2.40 bits per heavy atom. The van der Waals surface area contributed by atoms with Crippen LogP contribution >= 0.6 is 0 Å². The summed E-state index contributed by atoms with van der Waals surface area (Å²) in [7, 11) is 0. The van der Waals surface area contributed by atoms with Gasteiger partial charge in [-0.1, -0.05) is 5.57 Å². The molecule has 0 aromatic carbocycles. The van der Waals surface area contributed by atoms with Gasteiger partial charge in [0.1, 0.15) is 5.83 Å². The number of hydrogen-bond acceptors (Lipinski definition) is 1.